The number of carboxylic acids is 1. The van der Waals surface area contributed by atoms with Crippen LogP contribution in [0.2, 0.25) is 0 Å². The van der Waals surface area contributed by atoms with Crippen LogP contribution in [0.15, 0.2) is 24.5 Å². The summed E-state index contributed by atoms with van der Waals surface area (Å²) in [5, 5.41) is 12.2. The average Bonchev–Trinajstić information content (AvgIpc) is 2.38. The number of nitrogens with one attached hydrogen (secondary N) is 1. The molecule has 0 aromatic carbocycles. The molecule has 1 unspecified atom stereocenters. The monoisotopic (exact) mass is 260 g/mol. The third-order valence-electron chi connectivity index (χ3n) is 2.96. The van der Waals surface area contributed by atoms with Crippen LogP contribution in [0.1, 0.15) is 13.8 Å². The van der Waals surface area contributed by atoms with Crippen LogP contribution in [0.25, 0.3) is 11.2 Å². The highest BCUT2D eigenvalue weighted by Gasteiger charge is 2.21. The summed E-state index contributed by atoms with van der Waals surface area (Å²) in [5.74, 6) is -0.576. The standard InChI is InChI=1S/C13H16N4O2/c1-8(2)9(13(18)19)7-16-11-4-3-10-12(17-11)15-6-5-14-10/h3-6,8-9H,7H2,1-2H3,(H,18,19)(H,15,16,17). The Bertz CT molecular complexity index is 586. The molecule has 2 aromatic heterocycles. The summed E-state index contributed by atoms with van der Waals surface area (Å²) in [6.45, 7) is 4.12. The van der Waals surface area contributed by atoms with Crippen molar-refractivity contribution in [2.75, 3.05) is 11.9 Å². The molecule has 6 nitrogen and oxygen atoms in total. The van der Waals surface area contributed by atoms with E-state index in [9.17, 15) is 4.79 Å². The van der Waals surface area contributed by atoms with Gasteiger partial charge in [-0.2, -0.15) is 0 Å². The van der Waals surface area contributed by atoms with E-state index < -0.39 is 11.9 Å². The van der Waals surface area contributed by atoms with Crippen LogP contribution in [0.5, 0.6) is 0 Å². The Labute approximate surface area is 110 Å². The Morgan fingerprint density at radius 1 is 1.32 bits per heavy atom. The molecular weight excluding hydrogens is 244 g/mol. The molecule has 0 saturated heterocycles. The molecule has 2 aromatic rings. The van der Waals surface area contributed by atoms with Crippen LogP contribution in [0.4, 0.5) is 5.82 Å². The summed E-state index contributed by atoms with van der Waals surface area (Å²) in [7, 11) is 0. The highest BCUT2D eigenvalue weighted by molar-refractivity contribution is 5.72. The van der Waals surface area contributed by atoms with Crippen molar-refractivity contribution in [3.05, 3.63) is 24.5 Å². The van der Waals surface area contributed by atoms with Crippen LogP contribution < -0.4 is 5.32 Å². The van der Waals surface area contributed by atoms with Crippen molar-refractivity contribution in [2.45, 2.75) is 13.8 Å². The van der Waals surface area contributed by atoms with Crippen molar-refractivity contribution in [1.29, 1.82) is 0 Å². The SMILES string of the molecule is CC(C)C(CNc1ccc2nccnc2n1)C(=O)O. The first-order valence-electron chi connectivity index (χ1n) is 6.12. The Kier molecular flexibility index (Phi) is 3.89. The topological polar surface area (TPSA) is 88.0 Å². The van der Waals surface area contributed by atoms with Crippen molar-refractivity contribution in [1.82, 2.24) is 15.0 Å². The van der Waals surface area contributed by atoms with Gasteiger partial charge in [0.05, 0.1) is 5.92 Å². The number of aromatic nitrogens is 3. The number of carboxylic acid groups (broad SMARTS) is 1. The first-order chi connectivity index (χ1) is 9.08. The van der Waals surface area contributed by atoms with Gasteiger partial charge < -0.3 is 10.4 Å². The molecule has 0 aliphatic rings. The second-order valence-electron chi connectivity index (χ2n) is 4.67. The summed E-state index contributed by atoms with van der Waals surface area (Å²) in [6.07, 6.45) is 3.18. The molecule has 0 aliphatic heterocycles. The minimum Gasteiger partial charge on any atom is -0.481 e. The predicted octanol–water partition coefficient (Wildman–Crippen LogP) is 1.79. The van der Waals surface area contributed by atoms with Crippen LogP contribution >= 0.6 is 0 Å². The van der Waals surface area contributed by atoms with Gasteiger partial charge in [-0.05, 0) is 18.1 Å². The van der Waals surface area contributed by atoms with Gasteiger partial charge in [-0.3, -0.25) is 9.78 Å². The number of fused-ring (bicyclic) bond motifs is 1. The predicted molar refractivity (Wildman–Crippen MR) is 71.8 cm³/mol. The van der Waals surface area contributed by atoms with Crippen molar-refractivity contribution < 1.29 is 9.90 Å². The van der Waals surface area contributed by atoms with Crippen molar-refractivity contribution >= 4 is 23.0 Å². The smallest absolute Gasteiger partial charge is 0.308 e. The van der Waals surface area contributed by atoms with E-state index >= 15 is 0 Å². The third kappa shape index (κ3) is 3.15. The molecule has 0 fully saturated rings. The number of hydrogen-bond acceptors (Lipinski definition) is 5. The van der Waals surface area contributed by atoms with Gasteiger partial charge >= 0.3 is 5.97 Å². The lowest BCUT2D eigenvalue weighted by atomic mass is 9.96. The van der Waals surface area contributed by atoms with Gasteiger partial charge in [0.2, 0.25) is 0 Å². The molecule has 6 heteroatoms. The number of pyridine rings is 1. The molecular formula is C13H16N4O2. The van der Waals surface area contributed by atoms with E-state index in [4.69, 9.17) is 5.11 Å². The molecule has 0 spiro atoms. The van der Waals surface area contributed by atoms with E-state index in [1.54, 1.807) is 18.5 Å². The molecule has 2 N–H and O–H groups in total. The van der Waals surface area contributed by atoms with Crippen LogP contribution in [0.3, 0.4) is 0 Å². The Balaban J connectivity index is 2.11. The van der Waals surface area contributed by atoms with Crippen LogP contribution in [-0.2, 0) is 4.79 Å². The van der Waals surface area contributed by atoms with E-state index in [0.29, 0.717) is 23.5 Å². The molecule has 0 aliphatic carbocycles. The highest BCUT2D eigenvalue weighted by atomic mass is 16.4. The Morgan fingerprint density at radius 3 is 2.74 bits per heavy atom. The Morgan fingerprint density at radius 2 is 2.05 bits per heavy atom. The minimum atomic E-state index is -0.803. The van der Waals surface area contributed by atoms with Crippen molar-refractivity contribution in [2.24, 2.45) is 11.8 Å². The molecule has 0 radical (unpaired) electrons. The van der Waals surface area contributed by atoms with Crippen molar-refractivity contribution in [3.8, 4) is 0 Å². The first kappa shape index (κ1) is 13.2. The summed E-state index contributed by atoms with van der Waals surface area (Å²) in [5.41, 5.74) is 1.26. The summed E-state index contributed by atoms with van der Waals surface area (Å²) in [4.78, 5) is 23.6. The van der Waals surface area contributed by atoms with Crippen LogP contribution in [0, 0.1) is 11.8 Å². The fraction of sp³-hybridized carbons (Fsp3) is 0.385. The molecule has 19 heavy (non-hydrogen) atoms. The van der Waals surface area contributed by atoms with E-state index in [1.807, 2.05) is 19.9 Å². The van der Waals surface area contributed by atoms with Gasteiger partial charge in [0, 0.05) is 18.9 Å². The molecule has 0 bridgehead atoms. The zero-order chi connectivity index (χ0) is 13.8. The maximum atomic E-state index is 11.1. The minimum absolute atomic E-state index is 0.0604. The van der Waals surface area contributed by atoms with Gasteiger partial charge in [-0.1, -0.05) is 13.8 Å². The quantitative estimate of drug-likeness (QED) is 0.852. The maximum absolute atomic E-state index is 11.1. The number of hydrogen-bond donors (Lipinski definition) is 2. The first-order valence-corrected chi connectivity index (χ1v) is 6.12. The van der Waals surface area contributed by atoms with Gasteiger partial charge in [0.15, 0.2) is 5.65 Å². The van der Waals surface area contributed by atoms with Crippen molar-refractivity contribution in [3.63, 3.8) is 0 Å². The molecule has 0 amide bonds. The maximum Gasteiger partial charge on any atom is 0.308 e. The largest absolute Gasteiger partial charge is 0.481 e. The molecule has 2 rings (SSSR count). The number of rotatable bonds is 5. The second kappa shape index (κ2) is 5.60. The van der Waals surface area contributed by atoms with E-state index in [2.05, 4.69) is 20.3 Å². The van der Waals surface area contributed by atoms with Gasteiger partial charge in [-0.15, -0.1) is 0 Å². The van der Waals surface area contributed by atoms with E-state index in [0.717, 1.165) is 0 Å². The summed E-state index contributed by atoms with van der Waals surface area (Å²) in [6, 6.07) is 3.58. The lowest BCUT2D eigenvalue weighted by Gasteiger charge is -2.17. The van der Waals surface area contributed by atoms with E-state index in [1.165, 1.54) is 0 Å². The zero-order valence-electron chi connectivity index (χ0n) is 10.9. The number of nitrogens with zero attached hydrogens (tertiary/aromatic N) is 3. The normalized spacial score (nSPS) is 12.6. The average molecular weight is 260 g/mol. The van der Waals surface area contributed by atoms with Gasteiger partial charge in [0.1, 0.15) is 11.3 Å². The summed E-state index contributed by atoms with van der Waals surface area (Å²) >= 11 is 0. The zero-order valence-corrected chi connectivity index (χ0v) is 10.9. The number of aliphatic carboxylic acids is 1. The lowest BCUT2D eigenvalue weighted by molar-refractivity contribution is -0.142. The highest BCUT2D eigenvalue weighted by Crippen LogP contribution is 2.14. The fourth-order valence-electron chi connectivity index (χ4n) is 1.78. The van der Waals surface area contributed by atoms with E-state index in [-0.39, 0.29) is 5.92 Å². The molecule has 1 atom stereocenters. The van der Waals surface area contributed by atoms with Crippen LogP contribution in [-0.4, -0.2) is 32.6 Å². The van der Waals surface area contributed by atoms with Gasteiger partial charge in [0.25, 0.3) is 0 Å². The lowest BCUT2D eigenvalue weighted by Crippen LogP contribution is -2.27. The molecule has 0 saturated carbocycles. The molecule has 100 valence electrons. The van der Waals surface area contributed by atoms with Gasteiger partial charge in [-0.25, -0.2) is 9.97 Å². The third-order valence-corrected chi connectivity index (χ3v) is 2.96. The second-order valence-corrected chi connectivity index (χ2v) is 4.67. The number of carbonyl (C=O) groups is 1. The summed E-state index contributed by atoms with van der Waals surface area (Å²) < 4.78 is 0. The fourth-order valence-corrected chi connectivity index (χ4v) is 1.78. The molecule has 2 heterocycles. The Hall–Kier alpha value is -2.24. The number of anilines is 1.